The molecule has 0 fully saturated rings. The molecule has 4 aromatic rings. The Morgan fingerprint density at radius 3 is 2.06 bits per heavy atom. The highest BCUT2D eigenvalue weighted by Crippen LogP contribution is 2.46. The van der Waals surface area contributed by atoms with Crippen molar-refractivity contribution in [3.63, 3.8) is 0 Å². The third-order valence-electron chi connectivity index (χ3n) is 5.17. The number of rotatable bonds is 8. The second-order valence-electron chi connectivity index (χ2n) is 7.44. The molecular weight excluding hydrogens is 409 g/mol. The zero-order chi connectivity index (χ0) is 21.8. The second kappa shape index (κ2) is 9.19. The van der Waals surface area contributed by atoms with Gasteiger partial charge in [0.2, 0.25) is 0 Å². The van der Waals surface area contributed by atoms with E-state index >= 15 is 0 Å². The SMILES string of the molecule is CCCOP(=O)(OCCC)c1ccc(-c2cc3ccccc3c3ccccc23)[nH]c1=O. The van der Waals surface area contributed by atoms with Gasteiger partial charge >= 0.3 is 7.60 Å². The van der Waals surface area contributed by atoms with Gasteiger partial charge in [-0.1, -0.05) is 62.4 Å². The Morgan fingerprint density at radius 2 is 1.42 bits per heavy atom. The fourth-order valence-electron chi connectivity index (χ4n) is 3.72. The summed E-state index contributed by atoms with van der Waals surface area (Å²) in [7, 11) is -3.68. The van der Waals surface area contributed by atoms with Gasteiger partial charge in [-0.15, -0.1) is 0 Å². The van der Waals surface area contributed by atoms with Crippen molar-refractivity contribution in [3.8, 4) is 11.3 Å². The minimum atomic E-state index is -3.68. The third-order valence-corrected chi connectivity index (χ3v) is 7.16. The van der Waals surface area contributed by atoms with Gasteiger partial charge in [-0.25, -0.2) is 0 Å². The predicted octanol–water partition coefficient (Wildman–Crippen LogP) is 6.02. The van der Waals surface area contributed by atoms with E-state index in [-0.39, 0.29) is 18.5 Å². The first-order valence-corrected chi connectivity index (χ1v) is 12.2. The standard InChI is InChI=1S/C25H26NO4P/c1-3-15-29-31(28,30-16-4-2)24-14-13-23(26-25(24)27)22-17-18-9-5-6-10-19(18)20-11-7-8-12-21(20)22/h5-14,17H,3-4,15-16H2,1-2H3,(H,26,27). The first-order chi connectivity index (χ1) is 15.1. The maximum Gasteiger partial charge on any atom is 0.366 e. The number of fused-ring (bicyclic) bond motifs is 3. The van der Waals surface area contributed by atoms with Crippen molar-refractivity contribution in [2.75, 3.05) is 13.2 Å². The lowest BCUT2D eigenvalue weighted by Crippen LogP contribution is -2.29. The summed E-state index contributed by atoms with van der Waals surface area (Å²) < 4.78 is 24.4. The van der Waals surface area contributed by atoms with Crippen LogP contribution >= 0.6 is 7.60 Å². The van der Waals surface area contributed by atoms with Crippen molar-refractivity contribution < 1.29 is 13.6 Å². The fraction of sp³-hybridized carbons (Fsp3) is 0.240. The number of H-pyrrole nitrogens is 1. The van der Waals surface area contributed by atoms with E-state index in [2.05, 4.69) is 29.2 Å². The Bertz CT molecular complexity index is 1320. The maximum absolute atomic E-state index is 13.3. The lowest BCUT2D eigenvalue weighted by atomic mass is 9.95. The van der Waals surface area contributed by atoms with Crippen LogP contribution in [0.1, 0.15) is 26.7 Å². The molecule has 5 nitrogen and oxygen atoms in total. The van der Waals surface area contributed by atoms with Gasteiger partial charge in [-0.3, -0.25) is 9.36 Å². The topological polar surface area (TPSA) is 68.4 Å². The van der Waals surface area contributed by atoms with Crippen molar-refractivity contribution >= 4 is 34.4 Å². The number of aromatic amines is 1. The molecule has 0 aliphatic heterocycles. The van der Waals surface area contributed by atoms with Crippen LogP contribution in [0, 0.1) is 0 Å². The molecule has 0 amide bonds. The molecule has 0 bridgehead atoms. The highest BCUT2D eigenvalue weighted by Gasteiger charge is 2.30. The molecule has 1 aromatic heterocycles. The van der Waals surface area contributed by atoms with Gasteiger partial charge in [-0.05, 0) is 52.6 Å². The lowest BCUT2D eigenvalue weighted by Gasteiger charge is -2.18. The average molecular weight is 435 g/mol. The molecule has 3 aromatic carbocycles. The van der Waals surface area contributed by atoms with Crippen LogP contribution < -0.4 is 10.9 Å². The first-order valence-electron chi connectivity index (χ1n) is 10.6. The largest absolute Gasteiger partial charge is 0.366 e. The van der Waals surface area contributed by atoms with E-state index in [1.807, 2.05) is 44.2 Å². The van der Waals surface area contributed by atoms with E-state index in [4.69, 9.17) is 9.05 Å². The van der Waals surface area contributed by atoms with Crippen molar-refractivity contribution in [1.29, 1.82) is 0 Å². The van der Waals surface area contributed by atoms with Crippen LogP contribution in [-0.4, -0.2) is 18.2 Å². The summed E-state index contributed by atoms with van der Waals surface area (Å²) in [5.41, 5.74) is 1.12. The quantitative estimate of drug-likeness (QED) is 0.271. The number of aromatic nitrogens is 1. The molecule has 6 heteroatoms. The van der Waals surface area contributed by atoms with Crippen LogP contribution in [0.4, 0.5) is 0 Å². The Balaban J connectivity index is 1.85. The van der Waals surface area contributed by atoms with Crippen molar-refractivity contribution in [3.05, 3.63) is 77.1 Å². The molecule has 0 atom stereocenters. The molecular formula is C25H26NO4P. The normalized spacial score (nSPS) is 11.9. The fourth-order valence-corrected chi connectivity index (χ4v) is 5.48. The maximum atomic E-state index is 13.3. The summed E-state index contributed by atoms with van der Waals surface area (Å²) in [5, 5.41) is 4.44. The molecule has 0 saturated carbocycles. The first kappa shape index (κ1) is 21.5. The van der Waals surface area contributed by atoms with E-state index in [1.165, 1.54) is 0 Å². The Hall–Kier alpha value is -2.72. The van der Waals surface area contributed by atoms with Crippen LogP contribution in [0.3, 0.4) is 0 Å². The van der Waals surface area contributed by atoms with Gasteiger partial charge in [0.05, 0.1) is 13.2 Å². The third kappa shape index (κ3) is 4.22. The Kier molecular flexibility index (Phi) is 6.38. The van der Waals surface area contributed by atoms with E-state index in [0.717, 1.165) is 27.1 Å². The zero-order valence-corrected chi connectivity index (χ0v) is 18.7. The highest BCUT2D eigenvalue weighted by atomic mass is 31.2. The smallest absolute Gasteiger partial charge is 0.321 e. The number of pyridine rings is 1. The molecule has 0 aliphatic carbocycles. The molecule has 0 saturated heterocycles. The van der Waals surface area contributed by atoms with E-state index < -0.39 is 13.2 Å². The van der Waals surface area contributed by atoms with Gasteiger partial charge in [0, 0.05) is 11.3 Å². The van der Waals surface area contributed by atoms with Crippen LogP contribution in [-0.2, 0) is 13.6 Å². The van der Waals surface area contributed by atoms with Crippen LogP contribution in [0.2, 0.25) is 0 Å². The molecule has 0 aliphatic rings. The molecule has 1 heterocycles. The minimum Gasteiger partial charge on any atom is -0.321 e. The van der Waals surface area contributed by atoms with Gasteiger partial charge in [0.15, 0.2) is 0 Å². The van der Waals surface area contributed by atoms with Crippen LogP contribution in [0.25, 0.3) is 32.8 Å². The molecule has 4 rings (SSSR count). The highest BCUT2D eigenvalue weighted by molar-refractivity contribution is 7.62. The Morgan fingerprint density at radius 1 is 0.806 bits per heavy atom. The van der Waals surface area contributed by atoms with E-state index in [9.17, 15) is 9.36 Å². The molecule has 0 spiro atoms. The Labute approximate surface area is 181 Å². The van der Waals surface area contributed by atoms with Crippen LogP contribution in [0.5, 0.6) is 0 Å². The average Bonchev–Trinajstić information content (AvgIpc) is 2.81. The van der Waals surface area contributed by atoms with E-state index in [1.54, 1.807) is 12.1 Å². The van der Waals surface area contributed by atoms with Crippen LogP contribution in [0.15, 0.2) is 71.5 Å². The molecule has 0 radical (unpaired) electrons. The summed E-state index contributed by atoms with van der Waals surface area (Å²) in [6, 6.07) is 21.7. The minimum absolute atomic E-state index is 0.0447. The predicted molar refractivity (Wildman–Crippen MR) is 127 cm³/mol. The number of benzene rings is 3. The molecule has 31 heavy (non-hydrogen) atoms. The van der Waals surface area contributed by atoms with Gasteiger partial charge in [0.1, 0.15) is 5.30 Å². The lowest BCUT2D eigenvalue weighted by molar-refractivity contribution is 0.213. The molecule has 160 valence electrons. The van der Waals surface area contributed by atoms with Crippen molar-refractivity contribution in [1.82, 2.24) is 4.98 Å². The zero-order valence-electron chi connectivity index (χ0n) is 17.8. The van der Waals surface area contributed by atoms with Gasteiger partial charge in [-0.2, -0.15) is 0 Å². The summed E-state index contributed by atoms with van der Waals surface area (Å²) in [4.78, 5) is 15.9. The monoisotopic (exact) mass is 435 g/mol. The van der Waals surface area contributed by atoms with Gasteiger partial charge < -0.3 is 14.0 Å². The number of nitrogens with one attached hydrogen (secondary N) is 1. The summed E-state index contributed by atoms with van der Waals surface area (Å²) in [6.07, 6.45) is 1.36. The molecule has 1 N–H and O–H groups in total. The van der Waals surface area contributed by atoms with E-state index in [0.29, 0.717) is 18.5 Å². The summed E-state index contributed by atoms with van der Waals surface area (Å²) in [5.74, 6) is 0. The van der Waals surface area contributed by atoms with Crippen molar-refractivity contribution in [2.24, 2.45) is 0 Å². The number of hydrogen-bond acceptors (Lipinski definition) is 4. The van der Waals surface area contributed by atoms with Crippen molar-refractivity contribution in [2.45, 2.75) is 26.7 Å². The second-order valence-corrected chi connectivity index (χ2v) is 9.43. The summed E-state index contributed by atoms with van der Waals surface area (Å²) >= 11 is 0. The summed E-state index contributed by atoms with van der Waals surface area (Å²) in [6.45, 7) is 4.36. The van der Waals surface area contributed by atoms with Gasteiger partial charge in [0.25, 0.3) is 5.56 Å². The number of hydrogen-bond donors (Lipinski definition) is 1. The molecule has 0 unspecified atom stereocenters.